The van der Waals surface area contributed by atoms with Crippen LogP contribution in [0.2, 0.25) is 0 Å². The zero-order chi connectivity index (χ0) is 14.8. The Morgan fingerprint density at radius 2 is 2.10 bits per heavy atom. The van der Waals surface area contributed by atoms with E-state index in [2.05, 4.69) is 20.7 Å². The molecule has 4 nitrogen and oxygen atoms in total. The maximum atomic E-state index is 12.2. The number of rotatable bonds is 5. The van der Waals surface area contributed by atoms with Crippen LogP contribution in [0.3, 0.4) is 0 Å². The van der Waals surface area contributed by atoms with Gasteiger partial charge in [0, 0.05) is 15.9 Å². The highest BCUT2D eigenvalue weighted by molar-refractivity contribution is 9.10. The zero-order valence-corrected chi connectivity index (χ0v) is 14.0. The molecule has 0 radical (unpaired) electrons. The molecule has 2 aromatic rings. The molecule has 1 aromatic carbocycles. The second-order valence-electron chi connectivity index (χ2n) is 4.28. The van der Waals surface area contributed by atoms with Crippen molar-refractivity contribution >= 4 is 37.3 Å². The Labute approximate surface area is 130 Å². The van der Waals surface area contributed by atoms with Gasteiger partial charge in [0.05, 0.1) is 6.61 Å². The van der Waals surface area contributed by atoms with Crippen LogP contribution in [0.4, 0.5) is 0 Å². The number of thiophene rings is 1. The maximum Gasteiger partial charge on any atom is 0.250 e. The third kappa shape index (κ3) is 3.67. The van der Waals surface area contributed by atoms with E-state index in [9.17, 15) is 8.42 Å². The van der Waals surface area contributed by atoms with Crippen LogP contribution in [0.15, 0.2) is 39.0 Å². The van der Waals surface area contributed by atoms with Crippen LogP contribution in [0.5, 0.6) is 0 Å². The Balaban J connectivity index is 2.15. The molecule has 2 rings (SSSR count). The molecular weight excluding hydrogens is 362 g/mol. The van der Waals surface area contributed by atoms with Crippen LogP contribution in [0, 0.1) is 6.92 Å². The largest absolute Gasteiger partial charge is 0.391 e. The predicted molar refractivity (Wildman–Crippen MR) is 83.1 cm³/mol. The molecule has 1 aromatic heterocycles. The molecular formula is C13H14BrNO3S2. The third-order valence-corrected chi connectivity index (χ3v) is 6.35. The fourth-order valence-corrected chi connectivity index (χ4v) is 4.63. The Hall–Kier alpha value is -0.730. The van der Waals surface area contributed by atoms with Gasteiger partial charge >= 0.3 is 0 Å². The number of aliphatic hydroxyl groups excluding tert-OH is 1. The lowest BCUT2D eigenvalue weighted by Gasteiger charge is -2.05. The van der Waals surface area contributed by atoms with Gasteiger partial charge < -0.3 is 5.11 Å². The average Bonchev–Trinajstić information content (AvgIpc) is 2.79. The first-order valence-corrected chi connectivity index (χ1v) is 8.96. The molecule has 0 aliphatic heterocycles. The first-order chi connectivity index (χ1) is 9.42. The third-order valence-electron chi connectivity index (χ3n) is 2.76. The Morgan fingerprint density at radius 3 is 2.70 bits per heavy atom. The summed E-state index contributed by atoms with van der Waals surface area (Å²) < 4.78 is 28.1. The highest BCUT2D eigenvalue weighted by Crippen LogP contribution is 2.26. The second kappa shape index (κ2) is 6.36. The topological polar surface area (TPSA) is 66.4 Å². The smallest absolute Gasteiger partial charge is 0.250 e. The molecule has 0 saturated carbocycles. The maximum absolute atomic E-state index is 12.2. The van der Waals surface area contributed by atoms with Crippen molar-refractivity contribution in [1.29, 1.82) is 0 Å². The Morgan fingerprint density at radius 1 is 1.35 bits per heavy atom. The summed E-state index contributed by atoms with van der Waals surface area (Å²) in [5.74, 6) is 0. The number of hydrogen-bond donors (Lipinski definition) is 2. The summed E-state index contributed by atoms with van der Waals surface area (Å²) in [6, 6.07) is 9.04. The zero-order valence-electron chi connectivity index (χ0n) is 10.8. The molecule has 20 heavy (non-hydrogen) atoms. The monoisotopic (exact) mass is 375 g/mol. The number of aliphatic hydroxyl groups is 1. The van der Waals surface area contributed by atoms with Crippen LogP contribution in [-0.2, 0) is 23.2 Å². The van der Waals surface area contributed by atoms with Gasteiger partial charge in [0.15, 0.2) is 0 Å². The highest BCUT2D eigenvalue weighted by Gasteiger charge is 2.18. The second-order valence-corrected chi connectivity index (χ2v) is 8.33. The van der Waals surface area contributed by atoms with Gasteiger partial charge in [-0.05, 0) is 36.2 Å². The van der Waals surface area contributed by atoms with E-state index < -0.39 is 10.0 Å². The number of hydrogen-bond acceptors (Lipinski definition) is 4. The van der Waals surface area contributed by atoms with Crippen molar-refractivity contribution in [3.8, 4) is 0 Å². The number of halogens is 1. The van der Waals surface area contributed by atoms with Gasteiger partial charge in [-0.25, -0.2) is 13.1 Å². The fourth-order valence-electron chi connectivity index (χ4n) is 1.67. The van der Waals surface area contributed by atoms with Crippen molar-refractivity contribution in [3.05, 3.63) is 50.8 Å². The molecule has 0 bridgehead atoms. The van der Waals surface area contributed by atoms with Crippen LogP contribution >= 0.6 is 27.3 Å². The lowest BCUT2D eigenvalue weighted by Crippen LogP contribution is -2.22. The quantitative estimate of drug-likeness (QED) is 0.844. The van der Waals surface area contributed by atoms with Gasteiger partial charge in [0.25, 0.3) is 0 Å². The van der Waals surface area contributed by atoms with Crippen LogP contribution < -0.4 is 4.72 Å². The minimum Gasteiger partial charge on any atom is -0.391 e. The molecule has 0 amide bonds. The van der Waals surface area contributed by atoms with Gasteiger partial charge in [-0.2, -0.15) is 0 Å². The van der Waals surface area contributed by atoms with Crippen molar-refractivity contribution < 1.29 is 13.5 Å². The van der Waals surface area contributed by atoms with E-state index in [1.807, 2.05) is 24.3 Å². The van der Waals surface area contributed by atoms with Gasteiger partial charge in [0.2, 0.25) is 10.0 Å². The molecule has 1 heterocycles. The molecule has 0 atom stereocenters. The predicted octanol–water partition coefficient (Wildman–Crippen LogP) is 2.79. The first-order valence-electron chi connectivity index (χ1n) is 5.86. The summed E-state index contributed by atoms with van der Waals surface area (Å²) >= 11 is 4.44. The van der Waals surface area contributed by atoms with Crippen molar-refractivity contribution in [3.63, 3.8) is 0 Å². The van der Waals surface area contributed by atoms with Crippen LogP contribution in [0.1, 0.15) is 16.0 Å². The van der Waals surface area contributed by atoms with E-state index in [0.29, 0.717) is 4.88 Å². The summed E-state index contributed by atoms with van der Waals surface area (Å²) in [5, 5.41) is 9.13. The normalized spacial score (nSPS) is 11.8. The number of nitrogens with one attached hydrogen (secondary N) is 1. The van der Waals surface area contributed by atoms with Crippen molar-refractivity contribution in [2.24, 2.45) is 0 Å². The van der Waals surface area contributed by atoms with Crippen molar-refractivity contribution in [2.45, 2.75) is 24.3 Å². The van der Waals surface area contributed by atoms with Gasteiger partial charge in [-0.15, -0.1) is 11.3 Å². The van der Waals surface area contributed by atoms with Gasteiger partial charge in [0.1, 0.15) is 4.21 Å². The molecule has 7 heteroatoms. The Bertz CT molecular complexity index is 710. The lowest BCUT2D eigenvalue weighted by atomic mass is 10.2. The number of benzene rings is 1. The van der Waals surface area contributed by atoms with E-state index in [-0.39, 0.29) is 17.4 Å². The summed E-state index contributed by atoms with van der Waals surface area (Å²) in [5.41, 5.74) is 1.67. The lowest BCUT2D eigenvalue weighted by molar-refractivity contribution is 0.285. The fraction of sp³-hybridized carbons (Fsp3) is 0.231. The highest BCUT2D eigenvalue weighted by atomic mass is 79.9. The minimum absolute atomic E-state index is 0.141. The van der Waals surface area contributed by atoms with E-state index in [1.165, 1.54) is 0 Å². The van der Waals surface area contributed by atoms with Crippen molar-refractivity contribution in [1.82, 2.24) is 4.72 Å². The van der Waals surface area contributed by atoms with Gasteiger partial charge in [-0.1, -0.05) is 28.1 Å². The molecule has 0 aliphatic rings. The van der Waals surface area contributed by atoms with Crippen LogP contribution in [-0.4, -0.2) is 13.5 Å². The molecule has 0 saturated heterocycles. The molecule has 0 spiro atoms. The van der Waals surface area contributed by atoms with Gasteiger partial charge in [-0.3, -0.25) is 0 Å². The van der Waals surface area contributed by atoms with E-state index in [0.717, 1.165) is 26.9 Å². The van der Waals surface area contributed by atoms with E-state index in [4.69, 9.17) is 5.11 Å². The first kappa shape index (κ1) is 15.7. The molecule has 0 fully saturated rings. The van der Waals surface area contributed by atoms with Crippen LogP contribution in [0.25, 0.3) is 0 Å². The molecule has 108 valence electrons. The molecule has 2 N–H and O–H groups in total. The SMILES string of the molecule is Cc1cc(S(=O)(=O)NCc2cccc(Br)c2)sc1CO. The summed E-state index contributed by atoms with van der Waals surface area (Å²) in [6.45, 7) is 1.88. The summed E-state index contributed by atoms with van der Waals surface area (Å²) in [4.78, 5) is 0.674. The average molecular weight is 376 g/mol. The molecule has 0 unspecified atom stereocenters. The summed E-state index contributed by atoms with van der Waals surface area (Å²) in [7, 11) is -3.54. The molecule has 0 aliphatic carbocycles. The number of sulfonamides is 1. The Kier molecular flexibility index (Phi) is 4.98. The minimum atomic E-state index is -3.54. The van der Waals surface area contributed by atoms with E-state index >= 15 is 0 Å². The summed E-state index contributed by atoms with van der Waals surface area (Å²) in [6.07, 6.45) is 0. The van der Waals surface area contributed by atoms with Crippen molar-refractivity contribution in [2.75, 3.05) is 0 Å². The number of aryl methyl sites for hydroxylation is 1. The standard InChI is InChI=1S/C13H14BrNO3S2/c1-9-5-13(19-12(9)8-16)20(17,18)15-7-10-3-2-4-11(14)6-10/h2-6,15-16H,7-8H2,1H3. The van der Waals surface area contributed by atoms with E-state index in [1.54, 1.807) is 13.0 Å².